The van der Waals surface area contributed by atoms with E-state index in [0.29, 0.717) is 48.2 Å². The number of cyclic esters (lactones) is 2. The molecule has 2 fully saturated rings. The highest BCUT2D eigenvalue weighted by Gasteiger charge is 2.41. The second-order valence-electron chi connectivity index (χ2n) is 17.9. The van der Waals surface area contributed by atoms with E-state index in [-0.39, 0.29) is 59.9 Å². The molecular weight excluding hydrogens is 1100 g/mol. The summed E-state index contributed by atoms with van der Waals surface area (Å²) < 4.78 is 118. The quantitative estimate of drug-likeness (QED) is 0.0638. The number of rotatable bonds is 8. The number of fused-ring (bicyclic) bond motifs is 6. The molecule has 4 aliphatic rings. The summed E-state index contributed by atoms with van der Waals surface area (Å²) in [6.07, 6.45) is -8.02. The predicted octanol–water partition coefficient (Wildman–Crippen LogP) is 9.88. The molecule has 6 aromatic rings. The van der Waals surface area contributed by atoms with Crippen molar-refractivity contribution in [1.82, 2.24) is 39.0 Å². The van der Waals surface area contributed by atoms with Gasteiger partial charge in [0.25, 0.3) is 0 Å². The van der Waals surface area contributed by atoms with Crippen molar-refractivity contribution in [3.63, 3.8) is 0 Å². The Kier molecular flexibility index (Phi) is 19.5. The molecule has 0 saturated carbocycles. The molecule has 16 nitrogen and oxygen atoms in total. The first kappa shape index (κ1) is 61.1. The lowest BCUT2D eigenvalue weighted by atomic mass is 9.08. The molecule has 0 unspecified atom stereocenters. The maximum Gasteiger partial charge on any atom is 0.416 e. The van der Waals surface area contributed by atoms with Gasteiger partial charge in [-0.3, -0.25) is 9.80 Å². The Labute approximate surface area is 462 Å². The highest BCUT2D eigenvalue weighted by molar-refractivity contribution is 7.49. The molecule has 6 radical (unpaired) electrons. The lowest BCUT2D eigenvalue weighted by molar-refractivity contribution is -0.138. The number of halogens is 11. The minimum absolute atomic E-state index is 0. The molecule has 0 bridgehead atoms. The van der Waals surface area contributed by atoms with Crippen LogP contribution in [0.5, 0.6) is 0 Å². The molecule has 31 heteroatoms. The van der Waals surface area contributed by atoms with Gasteiger partial charge in [-0.2, -0.15) is 36.3 Å². The van der Waals surface area contributed by atoms with Crippen molar-refractivity contribution < 1.29 is 54.2 Å². The third-order valence-corrected chi connectivity index (χ3v) is 12.8. The first-order valence-corrected chi connectivity index (χ1v) is 24.5. The molecule has 408 valence electrons. The number of aryl methyl sites for hydroxylation is 2. The largest absolute Gasteiger partial charge is 0.447 e. The molecule has 2 saturated heterocycles. The van der Waals surface area contributed by atoms with E-state index in [1.54, 1.807) is 17.2 Å². The molecule has 8 heterocycles. The summed E-state index contributed by atoms with van der Waals surface area (Å²) in [5, 5.41) is 3.11. The van der Waals surface area contributed by atoms with Crippen LogP contribution in [0.25, 0.3) is 11.4 Å². The number of imidazole rings is 2. The Hall–Kier alpha value is -6.11. The molecule has 6 atom stereocenters. The van der Waals surface area contributed by atoms with E-state index in [0.717, 1.165) is 44.7 Å². The normalized spacial score (nSPS) is 17.7. The molecule has 10 rings (SSSR count). The van der Waals surface area contributed by atoms with E-state index >= 15 is 0 Å². The maximum atomic E-state index is 14.0. The van der Waals surface area contributed by atoms with Crippen LogP contribution < -0.4 is 20.9 Å². The minimum Gasteiger partial charge on any atom is -0.447 e. The van der Waals surface area contributed by atoms with E-state index in [4.69, 9.17) is 50.0 Å². The maximum absolute atomic E-state index is 14.0. The molecule has 78 heavy (non-hydrogen) atoms. The van der Waals surface area contributed by atoms with Crippen LogP contribution in [0.2, 0.25) is 15.6 Å². The van der Waals surface area contributed by atoms with Crippen molar-refractivity contribution in [3.8, 4) is 11.4 Å². The van der Waals surface area contributed by atoms with Gasteiger partial charge < -0.3 is 29.7 Å². The highest BCUT2D eigenvalue weighted by Crippen LogP contribution is 2.38. The zero-order valence-electron chi connectivity index (χ0n) is 41.1. The Bertz CT molecular complexity index is 3100. The third kappa shape index (κ3) is 14.0. The van der Waals surface area contributed by atoms with Gasteiger partial charge in [0.05, 0.1) is 41.2 Å². The minimum atomic E-state index is -4.41. The first-order valence-electron chi connectivity index (χ1n) is 23.4. The number of anilines is 3. The van der Waals surface area contributed by atoms with Gasteiger partial charge in [-0.15, -0.1) is 0 Å². The standard InChI is InChI=1S/C23H21ClF4N6O2.C14H14F3N3.C9H8Cl2FN3O2.CH4.B4/c1-11(25)17-9-36-22(35)34(17)19-8-18(24)31-21(32-19)30-12(2)20-16-5-3-13-7-14(23(26,27)28)4-6-15(13)33(16)10-29-20;1-8(18)13-12-4-2-9-6-10(14(15,16)17)3-5-11(9)20(12)7-19-13;1-4(12)5-3-17-9(16)15(5)7-2-6(10)13-8(11)14-7;;1-4(2)3/h4,6-8,10-12,17H,3,5,9H2,1-2H3,(H,30,31,32);3,5-8H,2,4,18H2,1H3;2,4-5H,3H2,1H3;1H4;/t11-,12-,17+;8-;4-,5+;;/m000../s1. The van der Waals surface area contributed by atoms with Crippen LogP contribution in [-0.2, 0) is 47.5 Å². The fourth-order valence-corrected chi connectivity index (χ4v) is 9.34. The van der Waals surface area contributed by atoms with Crippen molar-refractivity contribution >= 4 is 94.2 Å². The van der Waals surface area contributed by atoms with E-state index in [2.05, 4.69) is 58.4 Å². The smallest absolute Gasteiger partial charge is 0.416 e. The second-order valence-corrected chi connectivity index (χ2v) is 19.0. The molecule has 0 aliphatic carbocycles. The second kappa shape index (κ2) is 24.9. The Morgan fingerprint density at radius 3 is 1.51 bits per heavy atom. The van der Waals surface area contributed by atoms with Gasteiger partial charge in [-0.1, -0.05) is 30.6 Å². The lowest BCUT2D eigenvalue weighted by Crippen LogP contribution is -2.39. The van der Waals surface area contributed by atoms with Crippen LogP contribution in [0.15, 0.2) is 61.2 Å². The van der Waals surface area contributed by atoms with Crippen molar-refractivity contribution in [2.75, 3.05) is 28.3 Å². The fourth-order valence-electron chi connectivity index (χ4n) is 8.76. The van der Waals surface area contributed by atoms with E-state index in [1.807, 2.05) is 18.4 Å². The van der Waals surface area contributed by atoms with Crippen LogP contribution in [0.4, 0.5) is 62.3 Å². The number of nitrogens with two attached hydrogens (primary N) is 1. The van der Waals surface area contributed by atoms with Gasteiger partial charge in [0.15, 0.2) is 0 Å². The molecule has 0 spiro atoms. The van der Waals surface area contributed by atoms with Gasteiger partial charge in [0.2, 0.25) is 11.2 Å². The summed E-state index contributed by atoms with van der Waals surface area (Å²) in [5.74, 6) is 0.331. The van der Waals surface area contributed by atoms with Gasteiger partial charge in [0.1, 0.15) is 59.6 Å². The van der Waals surface area contributed by atoms with E-state index in [1.165, 1.54) is 50.2 Å². The van der Waals surface area contributed by atoms with Crippen LogP contribution in [0.3, 0.4) is 0 Å². The molecule has 4 aromatic heterocycles. The highest BCUT2D eigenvalue weighted by atomic mass is 35.5. The molecular formula is C47H47B4Cl3F8N12O4. The zero-order valence-corrected chi connectivity index (χ0v) is 43.4. The number of carbonyl (C=O) groups is 2. The van der Waals surface area contributed by atoms with Crippen molar-refractivity contribution in [2.24, 2.45) is 5.73 Å². The van der Waals surface area contributed by atoms with Crippen molar-refractivity contribution in [2.45, 2.75) is 110 Å². The van der Waals surface area contributed by atoms with E-state index in [9.17, 15) is 44.7 Å². The number of hydrogen-bond acceptors (Lipinski definition) is 12. The Morgan fingerprint density at radius 1 is 0.667 bits per heavy atom. The summed E-state index contributed by atoms with van der Waals surface area (Å²) in [6, 6.07) is 8.05. The number of benzene rings is 2. The number of alkyl halides is 8. The molecule has 3 N–H and O–H groups in total. The van der Waals surface area contributed by atoms with Gasteiger partial charge >= 0.3 is 24.5 Å². The number of carbonyl (C=O) groups excluding carboxylic acids is 2. The summed E-state index contributed by atoms with van der Waals surface area (Å²) in [5.41, 5.74) is 10.6. The summed E-state index contributed by atoms with van der Waals surface area (Å²) in [7, 11) is 14.0. The van der Waals surface area contributed by atoms with Crippen LogP contribution in [0, 0.1) is 0 Å². The zero-order chi connectivity index (χ0) is 56.4. The Balaban J connectivity index is 0.000000198. The van der Waals surface area contributed by atoms with Crippen LogP contribution in [-0.4, -0.2) is 118 Å². The molecule has 4 aliphatic heterocycles. The number of aromatic nitrogens is 8. The molecule has 2 amide bonds. The SMILES string of the molecule is C.C[C@H](F)[C@H]1COC(=O)N1c1cc(Cl)nc(Cl)n1.C[C@H](N)c1ncn2c1CCc1cc(C(F)(F)F)ccc1-2.C[C@H](Nc1nc(Cl)cc(N2C(=O)OC[C@@H]2[C@H](C)F)n1)c1ncn2c1CCc1cc(C(F)(F)F)ccc1-2.[B]B([B])[B]. The Morgan fingerprint density at radius 2 is 1.09 bits per heavy atom. The average Bonchev–Trinajstić information content (AvgIpc) is 4.20. The molecule has 2 aromatic carbocycles. The average molecular weight is 1150 g/mol. The topological polar surface area (TPSA) is 184 Å². The first-order chi connectivity index (χ1) is 36.1. The fraction of sp³-hybridized carbons (Fsp3) is 0.404. The summed E-state index contributed by atoms with van der Waals surface area (Å²) in [6.45, 7) is 6.20. The number of nitrogens with zero attached hydrogens (tertiary/aromatic N) is 10. The van der Waals surface area contributed by atoms with Gasteiger partial charge in [-0.05, 0) is 113 Å². The third-order valence-electron chi connectivity index (χ3n) is 12.3. The number of nitrogens with one attached hydrogen (secondary N) is 1. The van der Waals surface area contributed by atoms with Crippen molar-refractivity contribution in [1.29, 1.82) is 0 Å². The number of amides is 2. The number of hydrogen-bond donors (Lipinski definition) is 2. The lowest BCUT2D eigenvalue weighted by Gasteiger charge is -2.23. The number of ether oxygens (including phenoxy) is 2. The predicted molar refractivity (Wildman–Crippen MR) is 282 cm³/mol. The summed E-state index contributed by atoms with van der Waals surface area (Å²) in [4.78, 5) is 50.6. The van der Waals surface area contributed by atoms with Crippen LogP contribution >= 0.6 is 34.8 Å². The van der Waals surface area contributed by atoms with Gasteiger partial charge in [-0.25, -0.2) is 38.3 Å². The van der Waals surface area contributed by atoms with Crippen molar-refractivity contribution in [3.05, 3.63) is 122 Å². The summed E-state index contributed by atoms with van der Waals surface area (Å²) >= 11 is 17.5. The van der Waals surface area contributed by atoms with Crippen LogP contribution in [0.1, 0.15) is 92.2 Å². The monoisotopic (exact) mass is 1140 g/mol. The van der Waals surface area contributed by atoms with E-state index < -0.39 is 72.5 Å². The van der Waals surface area contributed by atoms with Gasteiger partial charge in [0, 0.05) is 70.5 Å².